The van der Waals surface area contributed by atoms with Gasteiger partial charge in [-0.2, -0.15) is 0 Å². The molecular formula is C36H39N5O3. The monoisotopic (exact) mass is 589 g/mol. The number of phenolic OH excluding ortho intramolecular Hbond substituents is 1. The summed E-state index contributed by atoms with van der Waals surface area (Å²) in [6.07, 6.45) is 4.74. The van der Waals surface area contributed by atoms with Gasteiger partial charge in [0.2, 0.25) is 0 Å². The molecule has 44 heavy (non-hydrogen) atoms. The van der Waals surface area contributed by atoms with Crippen molar-refractivity contribution in [2.45, 2.75) is 59.0 Å². The quantitative estimate of drug-likeness (QED) is 0.234. The second kappa shape index (κ2) is 9.84. The Morgan fingerprint density at radius 2 is 1.86 bits per heavy atom. The van der Waals surface area contributed by atoms with Gasteiger partial charge in [-0.1, -0.05) is 13.0 Å². The smallest absolute Gasteiger partial charge is 0.254 e. The third kappa shape index (κ3) is 4.06. The SMILES string of the molecule is COc1cc(C(=O)N2CC3CCC2[C@@H]3C)cc2nc(-c3cc4ccc(-c5c(C)ccc(O)c5C)nc4n3CC3CC3)n(C)c12. The number of amides is 1. The Bertz CT molecular complexity index is 1980. The minimum absolute atomic E-state index is 0.0774. The van der Waals surface area contributed by atoms with Crippen LogP contribution >= 0.6 is 0 Å². The molecule has 8 rings (SSSR count). The van der Waals surface area contributed by atoms with Crippen LogP contribution in [0.4, 0.5) is 0 Å². The average molecular weight is 590 g/mol. The zero-order valence-corrected chi connectivity index (χ0v) is 26.1. The lowest BCUT2D eigenvalue weighted by atomic mass is 9.98. The summed E-state index contributed by atoms with van der Waals surface area (Å²) in [6, 6.07) is 14.2. The Balaban J connectivity index is 1.26. The van der Waals surface area contributed by atoms with Crippen molar-refractivity contribution < 1.29 is 14.6 Å². The van der Waals surface area contributed by atoms with Crippen LogP contribution in [0.2, 0.25) is 0 Å². The Morgan fingerprint density at radius 3 is 2.57 bits per heavy atom. The third-order valence-corrected chi connectivity index (χ3v) is 10.7. The number of aromatic hydroxyl groups is 1. The van der Waals surface area contributed by atoms with Crippen molar-refractivity contribution in [2.24, 2.45) is 24.8 Å². The van der Waals surface area contributed by atoms with Gasteiger partial charge in [-0.3, -0.25) is 4.79 Å². The van der Waals surface area contributed by atoms with E-state index in [4.69, 9.17) is 14.7 Å². The number of phenols is 1. The van der Waals surface area contributed by atoms with Crippen molar-refractivity contribution >= 4 is 28.0 Å². The number of carbonyl (C=O) groups is 1. The predicted octanol–water partition coefficient (Wildman–Crippen LogP) is 6.87. The lowest BCUT2D eigenvalue weighted by Crippen LogP contribution is -2.38. The summed E-state index contributed by atoms with van der Waals surface area (Å²) in [5.74, 6) is 3.62. The number of pyridine rings is 1. The summed E-state index contributed by atoms with van der Waals surface area (Å²) in [5, 5.41) is 11.5. The number of fused-ring (bicyclic) bond motifs is 4. The van der Waals surface area contributed by atoms with Gasteiger partial charge in [-0.15, -0.1) is 0 Å². The molecule has 3 aliphatic rings. The van der Waals surface area contributed by atoms with Crippen LogP contribution in [0.15, 0.2) is 42.5 Å². The molecule has 1 aliphatic heterocycles. The molecule has 5 aromatic rings. The number of aryl methyl sites for hydroxylation is 2. The number of rotatable bonds is 6. The van der Waals surface area contributed by atoms with Crippen LogP contribution in [0.1, 0.15) is 54.1 Å². The van der Waals surface area contributed by atoms with Crippen molar-refractivity contribution in [3.05, 3.63) is 59.2 Å². The van der Waals surface area contributed by atoms with Crippen LogP contribution in [0.5, 0.6) is 11.5 Å². The number of piperidine rings is 1. The Labute approximate surface area is 257 Å². The number of imidazole rings is 1. The molecular weight excluding hydrogens is 550 g/mol. The van der Waals surface area contributed by atoms with Gasteiger partial charge in [-0.25, -0.2) is 9.97 Å². The highest BCUT2D eigenvalue weighted by Gasteiger charge is 2.46. The lowest BCUT2D eigenvalue weighted by molar-refractivity contribution is 0.0696. The van der Waals surface area contributed by atoms with Gasteiger partial charge in [-0.05, 0) is 99.2 Å². The van der Waals surface area contributed by atoms with E-state index in [1.54, 1.807) is 13.2 Å². The standard InChI is InChI=1S/C36H39N5O3/c1-19-6-13-30(42)21(3)32(19)26-11-9-23-15-29(40(34(23)37-26)17-22-7-8-22)35-38-27-14-25(16-31(44-5)33(27)39(35)4)36(43)41-18-24-10-12-28(41)20(24)2/h6,9,11,13-16,20,22,24,28,42H,7-8,10,12,17-18H2,1-5H3/t20-,24?,28?/m1/s1. The molecule has 226 valence electrons. The first-order chi connectivity index (χ1) is 21.2. The maximum Gasteiger partial charge on any atom is 0.254 e. The largest absolute Gasteiger partial charge is 0.508 e. The molecule has 2 unspecified atom stereocenters. The van der Waals surface area contributed by atoms with E-state index in [-0.39, 0.29) is 11.7 Å². The van der Waals surface area contributed by atoms with Crippen LogP contribution in [0.3, 0.4) is 0 Å². The Morgan fingerprint density at radius 1 is 1.05 bits per heavy atom. The fraction of sp³-hybridized carbons (Fsp3) is 0.417. The maximum atomic E-state index is 13.8. The molecule has 4 heterocycles. The molecule has 8 heteroatoms. The molecule has 0 radical (unpaired) electrons. The summed E-state index contributed by atoms with van der Waals surface area (Å²) in [6.45, 7) is 8.00. The molecule has 1 saturated heterocycles. The first-order valence-corrected chi connectivity index (χ1v) is 15.9. The number of ether oxygens (including phenoxy) is 1. The highest BCUT2D eigenvalue weighted by atomic mass is 16.5. The highest BCUT2D eigenvalue weighted by molar-refractivity contribution is 6.00. The summed E-state index contributed by atoms with van der Waals surface area (Å²) >= 11 is 0. The van der Waals surface area contributed by atoms with Crippen molar-refractivity contribution in [3.8, 4) is 34.3 Å². The highest BCUT2D eigenvalue weighted by Crippen LogP contribution is 2.44. The zero-order valence-electron chi connectivity index (χ0n) is 26.1. The van der Waals surface area contributed by atoms with Gasteiger partial charge in [0, 0.05) is 48.3 Å². The topological polar surface area (TPSA) is 85.4 Å². The summed E-state index contributed by atoms with van der Waals surface area (Å²) < 4.78 is 10.3. The molecule has 8 nitrogen and oxygen atoms in total. The van der Waals surface area contributed by atoms with E-state index in [9.17, 15) is 9.90 Å². The molecule has 2 saturated carbocycles. The zero-order chi connectivity index (χ0) is 30.4. The molecule has 2 aliphatic carbocycles. The fourth-order valence-corrected chi connectivity index (χ4v) is 7.95. The van der Waals surface area contributed by atoms with Crippen LogP contribution in [0, 0.1) is 31.6 Å². The molecule has 2 aromatic carbocycles. The minimum Gasteiger partial charge on any atom is -0.508 e. The van der Waals surface area contributed by atoms with Crippen molar-refractivity contribution in [2.75, 3.05) is 13.7 Å². The van der Waals surface area contributed by atoms with Gasteiger partial charge in [0.05, 0.1) is 24.0 Å². The normalized spacial score (nSPS) is 21.2. The van der Waals surface area contributed by atoms with E-state index >= 15 is 0 Å². The average Bonchev–Trinajstić information content (AvgIpc) is 3.43. The molecule has 0 spiro atoms. The van der Waals surface area contributed by atoms with E-state index < -0.39 is 0 Å². The van der Waals surface area contributed by atoms with E-state index in [0.29, 0.717) is 35.1 Å². The minimum atomic E-state index is 0.0774. The number of hydrogen-bond acceptors (Lipinski definition) is 5. The first kappa shape index (κ1) is 27.2. The number of carbonyl (C=O) groups excluding carboxylic acids is 1. The number of hydrogen-bond donors (Lipinski definition) is 1. The van der Waals surface area contributed by atoms with Gasteiger partial charge in [0.1, 0.15) is 22.7 Å². The Hall–Kier alpha value is -4.33. The van der Waals surface area contributed by atoms with Gasteiger partial charge < -0.3 is 23.9 Å². The third-order valence-electron chi connectivity index (χ3n) is 10.7. The van der Waals surface area contributed by atoms with E-state index in [2.05, 4.69) is 40.0 Å². The molecule has 3 aromatic heterocycles. The van der Waals surface area contributed by atoms with E-state index in [1.807, 2.05) is 38.2 Å². The number of methoxy groups -OCH3 is 1. The van der Waals surface area contributed by atoms with Crippen LogP contribution in [-0.2, 0) is 13.6 Å². The molecule has 3 fully saturated rings. The van der Waals surface area contributed by atoms with Gasteiger partial charge in [0.15, 0.2) is 5.82 Å². The fourth-order valence-electron chi connectivity index (χ4n) is 7.95. The van der Waals surface area contributed by atoms with E-state index in [1.165, 1.54) is 19.3 Å². The second-order valence-corrected chi connectivity index (χ2v) is 13.4. The predicted molar refractivity (Wildman–Crippen MR) is 172 cm³/mol. The van der Waals surface area contributed by atoms with Crippen molar-refractivity contribution in [1.29, 1.82) is 0 Å². The summed E-state index contributed by atoms with van der Waals surface area (Å²) in [7, 11) is 3.68. The van der Waals surface area contributed by atoms with Crippen LogP contribution in [-0.4, -0.2) is 54.7 Å². The number of benzene rings is 2. The van der Waals surface area contributed by atoms with Gasteiger partial charge in [0.25, 0.3) is 5.91 Å². The maximum absolute atomic E-state index is 13.8. The van der Waals surface area contributed by atoms with Crippen molar-refractivity contribution in [1.82, 2.24) is 24.0 Å². The second-order valence-electron chi connectivity index (χ2n) is 13.4. The Kier molecular flexibility index (Phi) is 6.09. The van der Waals surface area contributed by atoms with Gasteiger partial charge >= 0.3 is 0 Å². The number of nitrogens with zero attached hydrogens (tertiary/aromatic N) is 5. The van der Waals surface area contributed by atoms with Crippen LogP contribution in [0.25, 0.3) is 44.8 Å². The number of aromatic nitrogens is 4. The molecule has 2 bridgehead atoms. The molecule has 1 N–H and O–H groups in total. The molecule has 3 atom stereocenters. The first-order valence-electron chi connectivity index (χ1n) is 15.9. The van der Waals surface area contributed by atoms with E-state index in [0.717, 1.165) is 75.5 Å². The molecule has 1 amide bonds. The van der Waals surface area contributed by atoms with Crippen LogP contribution < -0.4 is 4.74 Å². The number of likely N-dealkylation sites (tertiary alicyclic amines) is 1. The summed E-state index contributed by atoms with van der Waals surface area (Å²) in [4.78, 5) is 26.2. The lowest BCUT2D eigenvalue weighted by Gasteiger charge is -2.27. The summed E-state index contributed by atoms with van der Waals surface area (Å²) in [5.41, 5.74) is 7.92. The van der Waals surface area contributed by atoms with Crippen molar-refractivity contribution in [3.63, 3.8) is 0 Å².